The van der Waals surface area contributed by atoms with Gasteiger partial charge in [-0.3, -0.25) is 9.88 Å². The summed E-state index contributed by atoms with van der Waals surface area (Å²) in [7, 11) is 0. The van der Waals surface area contributed by atoms with Gasteiger partial charge in [-0.2, -0.15) is 0 Å². The monoisotopic (exact) mass is 261 g/mol. The van der Waals surface area contributed by atoms with Crippen molar-refractivity contribution < 1.29 is 0 Å². The molecule has 94 valence electrons. The summed E-state index contributed by atoms with van der Waals surface area (Å²) >= 11 is 1.41. The first kappa shape index (κ1) is 11.7. The van der Waals surface area contributed by atoms with Crippen molar-refractivity contribution in [1.82, 2.24) is 24.8 Å². The Morgan fingerprint density at radius 1 is 1.39 bits per heavy atom. The number of hydrogen-bond acceptors (Lipinski definition) is 6. The van der Waals surface area contributed by atoms with Gasteiger partial charge in [0.15, 0.2) is 0 Å². The van der Waals surface area contributed by atoms with Crippen molar-refractivity contribution in [2.24, 2.45) is 0 Å². The molecule has 1 atom stereocenters. The van der Waals surface area contributed by atoms with Crippen LogP contribution in [0.3, 0.4) is 0 Å². The predicted molar refractivity (Wildman–Crippen MR) is 70.2 cm³/mol. The van der Waals surface area contributed by atoms with Crippen LogP contribution in [0.5, 0.6) is 0 Å². The van der Waals surface area contributed by atoms with Crippen molar-refractivity contribution in [1.29, 1.82) is 0 Å². The van der Waals surface area contributed by atoms with Crippen molar-refractivity contribution in [2.45, 2.75) is 12.6 Å². The molecule has 1 aliphatic heterocycles. The van der Waals surface area contributed by atoms with Gasteiger partial charge in [0, 0.05) is 50.0 Å². The van der Waals surface area contributed by atoms with E-state index in [1.165, 1.54) is 17.1 Å². The molecule has 1 N–H and O–H groups in total. The Morgan fingerprint density at radius 2 is 2.28 bits per heavy atom. The molecule has 1 saturated heterocycles. The highest BCUT2D eigenvalue weighted by atomic mass is 32.1. The van der Waals surface area contributed by atoms with Crippen LogP contribution in [0.4, 0.5) is 0 Å². The molecule has 6 heteroatoms. The molecule has 3 rings (SSSR count). The lowest BCUT2D eigenvalue weighted by molar-refractivity contribution is 0.152. The van der Waals surface area contributed by atoms with Gasteiger partial charge >= 0.3 is 0 Å². The van der Waals surface area contributed by atoms with E-state index in [0.717, 1.165) is 31.9 Å². The molecule has 18 heavy (non-hydrogen) atoms. The number of piperazine rings is 1. The average molecular weight is 261 g/mol. The third-order valence-electron chi connectivity index (χ3n) is 3.22. The number of hydrogen-bond donors (Lipinski definition) is 1. The molecule has 0 aromatic carbocycles. The summed E-state index contributed by atoms with van der Waals surface area (Å²) < 4.78 is 3.92. The van der Waals surface area contributed by atoms with Crippen LogP contribution in [-0.4, -0.2) is 39.1 Å². The van der Waals surface area contributed by atoms with E-state index in [2.05, 4.69) is 36.9 Å². The topological polar surface area (TPSA) is 53.9 Å². The van der Waals surface area contributed by atoms with E-state index in [1.54, 1.807) is 0 Å². The van der Waals surface area contributed by atoms with Gasteiger partial charge in [0.25, 0.3) is 0 Å². The van der Waals surface area contributed by atoms with Gasteiger partial charge in [-0.05, 0) is 29.2 Å². The number of aromatic nitrogens is 3. The van der Waals surface area contributed by atoms with Gasteiger partial charge in [-0.1, -0.05) is 4.49 Å². The molecule has 2 aromatic heterocycles. The van der Waals surface area contributed by atoms with E-state index in [9.17, 15) is 0 Å². The minimum Gasteiger partial charge on any atom is -0.314 e. The van der Waals surface area contributed by atoms with E-state index in [4.69, 9.17) is 0 Å². The molecule has 3 heterocycles. The zero-order valence-corrected chi connectivity index (χ0v) is 10.8. The Morgan fingerprint density at radius 3 is 3.06 bits per heavy atom. The fourth-order valence-corrected chi connectivity index (χ4v) is 2.75. The van der Waals surface area contributed by atoms with Crippen molar-refractivity contribution in [3.8, 4) is 0 Å². The standard InChI is InChI=1S/C12H15N5S/c1-3-13-4-2-10(1)12-7-14-5-6-17(12)8-11-9-18-16-15-11/h1-4,9,12,14H,5-8H2. The summed E-state index contributed by atoms with van der Waals surface area (Å²) in [4.78, 5) is 6.53. The molecular weight excluding hydrogens is 246 g/mol. The Balaban J connectivity index is 1.78. The Kier molecular flexibility index (Phi) is 3.59. The van der Waals surface area contributed by atoms with Crippen molar-refractivity contribution in [2.75, 3.05) is 19.6 Å². The fourth-order valence-electron chi connectivity index (χ4n) is 2.31. The Hall–Kier alpha value is -1.37. The summed E-state index contributed by atoms with van der Waals surface area (Å²) in [6.07, 6.45) is 3.71. The summed E-state index contributed by atoms with van der Waals surface area (Å²) in [5.41, 5.74) is 2.36. The molecule has 0 saturated carbocycles. The van der Waals surface area contributed by atoms with E-state index >= 15 is 0 Å². The maximum absolute atomic E-state index is 4.13. The Labute approximate surface area is 110 Å². The SMILES string of the molecule is c1cc(C2CNCCN2Cc2csnn2)ccn1. The molecule has 0 spiro atoms. The third-order valence-corrected chi connectivity index (χ3v) is 3.77. The molecule has 1 unspecified atom stereocenters. The van der Waals surface area contributed by atoms with Gasteiger partial charge in [0.05, 0.1) is 5.69 Å². The quantitative estimate of drug-likeness (QED) is 0.896. The molecule has 1 fully saturated rings. The second-order valence-corrected chi connectivity index (χ2v) is 4.98. The second-order valence-electron chi connectivity index (χ2n) is 4.37. The zero-order valence-electron chi connectivity index (χ0n) is 9.99. The number of pyridine rings is 1. The van der Waals surface area contributed by atoms with E-state index in [0.29, 0.717) is 6.04 Å². The first-order valence-corrected chi connectivity index (χ1v) is 6.88. The minimum atomic E-state index is 0.392. The lowest BCUT2D eigenvalue weighted by atomic mass is 10.0. The smallest absolute Gasteiger partial charge is 0.0895 e. The van der Waals surface area contributed by atoms with Crippen LogP contribution in [0.1, 0.15) is 17.3 Å². The van der Waals surface area contributed by atoms with Crippen LogP contribution in [0, 0.1) is 0 Å². The van der Waals surface area contributed by atoms with Crippen molar-refractivity contribution in [3.63, 3.8) is 0 Å². The van der Waals surface area contributed by atoms with Crippen LogP contribution < -0.4 is 5.32 Å². The van der Waals surface area contributed by atoms with Gasteiger partial charge in [-0.15, -0.1) is 5.10 Å². The highest BCUT2D eigenvalue weighted by Gasteiger charge is 2.24. The second kappa shape index (κ2) is 5.51. The van der Waals surface area contributed by atoms with Crippen LogP contribution >= 0.6 is 11.5 Å². The summed E-state index contributed by atoms with van der Waals surface area (Å²) in [5, 5.41) is 9.60. The van der Waals surface area contributed by atoms with E-state index in [1.807, 2.05) is 17.8 Å². The lowest BCUT2D eigenvalue weighted by Gasteiger charge is -2.35. The largest absolute Gasteiger partial charge is 0.314 e. The summed E-state index contributed by atoms with van der Waals surface area (Å²) in [6.45, 7) is 3.90. The average Bonchev–Trinajstić information content (AvgIpc) is 2.93. The maximum atomic E-state index is 4.13. The van der Waals surface area contributed by atoms with Crippen molar-refractivity contribution >= 4 is 11.5 Å². The number of rotatable bonds is 3. The molecule has 5 nitrogen and oxygen atoms in total. The number of nitrogens with one attached hydrogen (secondary N) is 1. The molecule has 0 radical (unpaired) electrons. The molecular formula is C12H15N5S. The summed E-state index contributed by atoms with van der Waals surface area (Å²) in [5.74, 6) is 0. The highest BCUT2D eigenvalue weighted by Crippen LogP contribution is 2.23. The highest BCUT2D eigenvalue weighted by molar-refractivity contribution is 7.03. The van der Waals surface area contributed by atoms with Crippen LogP contribution in [0.25, 0.3) is 0 Å². The van der Waals surface area contributed by atoms with Crippen LogP contribution in [0.2, 0.25) is 0 Å². The fraction of sp³-hybridized carbons (Fsp3) is 0.417. The summed E-state index contributed by atoms with van der Waals surface area (Å²) in [6, 6.07) is 4.57. The first-order valence-electron chi connectivity index (χ1n) is 6.04. The lowest BCUT2D eigenvalue weighted by Crippen LogP contribution is -2.45. The van der Waals surface area contributed by atoms with E-state index in [-0.39, 0.29) is 0 Å². The minimum absolute atomic E-state index is 0.392. The van der Waals surface area contributed by atoms with Gasteiger partial charge in [0.1, 0.15) is 0 Å². The Bertz CT molecular complexity index is 472. The molecule has 0 bridgehead atoms. The normalized spacial score (nSPS) is 21.0. The van der Waals surface area contributed by atoms with Crippen LogP contribution in [-0.2, 0) is 6.54 Å². The van der Waals surface area contributed by atoms with Gasteiger partial charge in [0.2, 0.25) is 0 Å². The predicted octanol–water partition coefficient (Wildman–Crippen LogP) is 1.08. The van der Waals surface area contributed by atoms with E-state index < -0.39 is 0 Å². The zero-order chi connectivity index (χ0) is 12.2. The van der Waals surface area contributed by atoms with Gasteiger partial charge in [-0.25, -0.2) is 0 Å². The molecule has 0 amide bonds. The van der Waals surface area contributed by atoms with Gasteiger partial charge < -0.3 is 5.32 Å². The number of nitrogens with zero attached hydrogens (tertiary/aromatic N) is 4. The maximum Gasteiger partial charge on any atom is 0.0895 e. The van der Waals surface area contributed by atoms with Crippen molar-refractivity contribution in [3.05, 3.63) is 41.2 Å². The molecule has 0 aliphatic carbocycles. The first-order chi connectivity index (χ1) is 8.93. The van der Waals surface area contributed by atoms with Crippen LogP contribution in [0.15, 0.2) is 29.9 Å². The molecule has 2 aromatic rings. The molecule has 1 aliphatic rings. The third kappa shape index (κ3) is 2.55.